The lowest BCUT2D eigenvalue weighted by Crippen LogP contribution is -2.49. The fourth-order valence-electron chi connectivity index (χ4n) is 3.40. The molecule has 1 atom stereocenters. The topological polar surface area (TPSA) is 126 Å². The molecule has 0 spiro atoms. The van der Waals surface area contributed by atoms with E-state index in [-0.39, 0.29) is 36.5 Å². The second kappa shape index (κ2) is 9.39. The molecule has 0 bridgehead atoms. The number of H-pyrrole nitrogens is 1. The van der Waals surface area contributed by atoms with Crippen LogP contribution in [0.15, 0.2) is 17.4 Å². The van der Waals surface area contributed by atoms with E-state index in [2.05, 4.69) is 15.4 Å². The van der Waals surface area contributed by atoms with Crippen molar-refractivity contribution in [3.63, 3.8) is 0 Å². The number of oxime groups is 1. The Morgan fingerprint density at radius 1 is 1.38 bits per heavy atom. The average Bonchev–Trinajstić information content (AvgIpc) is 3.34. The molecular formula is C18H25N5O6. The first-order valence-corrected chi connectivity index (χ1v) is 9.61. The summed E-state index contributed by atoms with van der Waals surface area (Å²) in [4.78, 5) is 44.7. The van der Waals surface area contributed by atoms with Gasteiger partial charge in [-0.25, -0.2) is 9.59 Å². The van der Waals surface area contributed by atoms with Gasteiger partial charge in [0.25, 0.3) is 5.91 Å². The van der Waals surface area contributed by atoms with E-state index in [1.807, 2.05) is 6.92 Å². The Hall–Kier alpha value is -3.11. The minimum absolute atomic E-state index is 0.0273. The van der Waals surface area contributed by atoms with Crippen LogP contribution in [0.4, 0.5) is 4.79 Å². The van der Waals surface area contributed by atoms with Crippen LogP contribution in [0.1, 0.15) is 32.4 Å². The highest BCUT2D eigenvalue weighted by atomic mass is 16.7. The zero-order valence-corrected chi connectivity index (χ0v) is 16.5. The van der Waals surface area contributed by atoms with Crippen molar-refractivity contribution in [1.29, 1.82) is 0 Å². The molecule has 3 heterocycles. The number of cyclic esters (lactones) is 1. The molecule has 0 saturated carbocycles. The third-order valence-corrected chi connectivity index (χ3v) is 4.78. The van der Waals surface area contributed by atoms with Crippen molar-refractivity contribution in [2.24, 2.45) is 5.16 Å². The third kappa shape index (κ3) is 5.04. The first kappa shape index (κ1) is 20.6. The lowest BCUT2D eigenvalue weighted by molar-refractivity contribution is -0.148. The monoisotopic (exact) mass is 407 g/mol. The number of nitrogens with one attached hydrogen (secondary N) is 1. The minimum Gasteiger partial charge on any atom is -0.463 e. The molecule has 11 nitrogen and oxygen atoms in total. The second-order valence-electron chi connectivity index (χ2n) is 6.86. The predicted octanol–water partition coefficient (Wildman–Crippen LogP) is 0.525. The van der Waals surface area contributed by atoms with Gasteiger partial charge in [-0.3, -0.25) is 9.89 Å². The molecule has 0 radical (unpaired) electrons. The van der Waals surface area contributed by atoms with Crippen LogP contribution in [0.2, 0.25) is 0 Å². The number of nitrogens with zero attached hydrogens (tertiary/aromatic N) is 4. The number of likely N-dealkylation sites (tertiary alicyclic amines) is 1. The van der Waals surface area contributed by atoms with Crippen LogP contribution in [-0.2, 0) is 23.9 Å². The van der Waals surface area contributed by atoms with E-state index in [0.717, 1.165) is 0 Å². The maximum absolute atomic E-state index is 13.0. The number of aromatic nitrogens is 2. The lowest BCUT2D eigenvalue weighted by atomic mass is 10.0. The largest absolute Gasteiger partial charge is 0.463 e. The fraction of sp³-hybridized carbons (Fsp3) is 0.611. The van der Waals surface area contributed by atoms with Gasteiger partial charge in [0.2, 0.25) is 6.61 Å². The number of amides is 2. The molecule has 1 aromatic heterocycles. The molecule has 2 aliphatic rings. The van der Waals surface area contributed by atoms with Crippen molar-refractivity contribution in [1.82, 2.24) is 20.0 Å². The van der Waals surface area contributed by atoms with Crippen LogP contribution in [0.25, 0.3) is 0 Å². The van der Waals surface area contributed by atoms with Crippen LogP contribution >= 0.6 is 0 Å². The Morgan fingerprint density at radius 3 is 2.72 bits per heavy atom. The summed E-state index contributed by atoms with van der Waals surface area (Å²) in [5.74, 6) is -0.908. The molecule has 1 unspecified atom stereocenters. The van der Waals surface area contributed by atoms with E-state index < -0.39 is 12.6 Å². The summed E-state index contributed by atoms with van der Waals surface area (Å²) in [6.07, 6.45) is 2.38. The van der Waals surface area contributed by atoms with E-state index in [0.29, 0.717) is 38.2 Å². The number of carbonyl (C=O) groups excluding carboxylic acids is 3. The summed E-state index contributed by atoms with van der Waals surface area (Å²) in [5, 5.41) is 10.4. The molecule has 158 valence electrons. The van der Waals surface area contributed by atoms with Gasteiger partial charge in [-0.05, 0) is 32.8 Å². The Kier molecular flexibility index (Phi) is 6.68. The maximum atomic E-state index is 13.0. The molecule has 1 N–H and O–H groups in total. The Bertz CT molecular complexity index is 757. The van der Waals surface area contributed by atoms with Crippen LogP contribution in [0, 0.1) is 0 Å². The number of hydrogen-bond donors (Lipinski definition) is 1. The van der Waals surface area contributed by atoms with Crippen molar-refractivity contribution >= 4 is 23.7 Å². The first-order valence-electron chi connectivity index (χ1n) is 9.61. The van der Waals surface area contributed by atoms with Gasteiger partial charge in [-0.15, -0.1) is 0 Å². The van der Waals surface area contributed by atoms with Gasteiger partial charge >= 0.3 is 12.1 Å². The molecule has 11 heteroatoms. The number of piperidine rings is 1. The number of ether oxygens (including phenoxy) is 2. The van der Waals surface area contributed by atoms with Gasteiger partial charge in [-0.1, -0.05) is 5.16 Å². The van der Waals surface area contributed by atoms with Crippen molar-refractivity contribution in [3.8, 4) is 0 Å². The smallest absolute Gasteiger partial charge is 0.410 e. The third-order valence-electron chi connectivity index (χ3n) is 4.78. The van der Waals surface area contributed by atoms with Crippen LogP contribution in [0.3, 0.4) is 0 Å². The van der Waals surface area contributed by atoms with Crippen LogP contribution < -0.4 is 0 Å². The molecule has 2 saturated heterocycles. The quantitative estimate of drug-likeness (QED) is 0.397. The van der Waals surface area contributed by atoms with E-state index >= 15 is 0 Å². The van der Waals surface area contributed by atoms with Crippen molar-refractivity contribution in [2.45, 2.75) is 38.8 Å². The summed E-state index contributed by atoms with van der Waals surface area (Å²) in [7, 11) is 0. The molecule has 0 aliphatic carbocycles. The normalized spacial score (nSPS) is 20.6. The Morgan fingerprint density at radius 2 is 2.14 bits per heavy atom. The zero-order chi connectivity index (χ0) is 20.8. The van der Waals surface area contributed by atoms with Crippen molar-refractivity contribution in [2.75, 3.05) is 32.8 Å². The molecule has 29 heavy (non-hydrogen) atoms. The van der Waals surface area contributed by atoms with E-state index in [4.69, 9.17) is 14.3 Å². The summed E-state index contributed by atoms with van der Waals surface area (Å²) >= 11 is 0. The van der Waals surface area contributed by atoms with Gasteiger partial charge in [0.15, 0.2) is 5.71 Å². The number of aromatic amines is 1. The Balaban J connectivity index is 1.61. The SMILES string of the molecule is CCOC(=O)CON=C(C(=O)N1CCC(N2CC(C)OC2=O)CC1)c1ccn[nH]1. The predicted molar refractivity (Wildman–Crippen MR) is 100.0 cm³/mol. The highest BCUT2D eigenvalue weighted by molar-refractivity contribution is 6.44. The van der Waals surface area contributed by atoms with Crippen LogP contribution in [0.5, 0.6) is 0 Å². The molecular weight excluding hydrogens is 382 g/mol. The van der Waals surface area contributed by atoms with Gasteiger partial charge in [0.1, 0.15) is 6.10 Å². The maximum Gasteiger partial charge on any atom is 0.410 e. The fourth-order valence-corrected chi connectivity index (χ4v) is 3.40. The number of hydrogen-bond acceptors (Lipinski definition) is 8. The summed E-state index contributed by atoms with van der Waals surface area (Å²) < 4.78 is 9.97. The number of esters is 1. The van der Waals surface area contributed by atoms with E-state index in [9.17, 15) is 14.4 Å². The van der Waals surface area contributed by atoms with Gasteiger partial charge < -0.3 is 24.1 Å². The van der Waals surface area contributed by atoms with Crippen molar-refractivity contribution < 1.29 is 28.7 Å². The van der Waals surface area contributed by atoms with Gasteiger partial charge in [0, 0.05) is 25.3 Å². The van der Waals surface area contributed by atoms with Crippen LogP contribution in [-0.4, -0.2) is 88.7 Å². The summed E-state index contributed by atoms with van der Waals surface area (Å²) in [6.45, 7) is 4.89. The van der Waals surface area contributed by atoms with Crippen molar-refractivity contribution in [3.05, 3.63) is 18.0 Å². The second-order valence-corrected chi connectivity index (χ2v) is 6.86. The number of rotatable bonds is 7. The van der Waals surface area contributed by atoms with Gasteiger partial charge in [0.05, 0.1) is 18.8 Å². The summed E-state index contributed by atoms with van der Waals surface area (Å²) in [5.41, 5.74) is 0.414. The molecule has 3 rings (SSSR count). The highest BCUT2D eigenvalue weighted by Gasteiger charge is 2.37. The standard InChI is InChI=1S/C18H25N5O6/c1-3-27-15(24)11-28-21-16(14-4-7-19-20-14)17(25)22-8-5-13(6-9-22)23-10-12(2)29-18(23)26/h4,7,12-13H,3,5-6,8-11H2,1-2H3,(H,19,20). The molecule has 2 aliphatic heterocycles. The minimum atomic E-state index is -0.569. The summed E-state index contributed by atoms with van der Waals surface area (Å²) in [6, 6.07) is 1.64. The number of carbonyl (C=O) groups is 3. The average molecular weight is 407 g/mol. The Labute approximate surface area is 167 Å². The molecule has 2 amide bonds. The van der Waals surface area contributed by atoms with Gasteiger partial charge in [-0.2, -0.15) is 5.10 Å². The first-order chi connectivity index (χ1) is 14.0. The van der Waals surface area contributed by atoms with E-state index in [1.165, 1.54) is 6.20 Å². The molecule has 2 fully saturated rings. The zero-order valence-electron chi connectivity index (χ0n) is 16.5. The highest BCUT2D eigenvalue weighted by Crippen LogP contribution is 2.22. The van der Waals surface area contributed by atoms with E-state index in [1.54, 1.807) is 22.8 Å². The molecule has 0 aromatic carbocycles. The lowest BCUT2D eigenvalue weighted by Gasteiger charge is -2.35. The molecule has 1 aromatic rings.